The van der Waals surface area contributed by atoms with Crippen LogP contribution in [0.2, 0.25) is 0 Å². The Kier molecular flexibility index (Phi) is 2.21. The summed E-state index contributed by atoms with van der Waals surface area (Å²) in [5, 5.41) is 3.85. The molecule has 0 amide bonds. The third-order valence-electron chi connectivity index (χ3n) is 1.02. The molecule has 0 bridgehead atoms. The maximum Gasteiger partial charge on any atom is 0.211 e. The van der Waals surface area contributed by atoms with Crippen molar-refractivity contribution in [3.05, 3.63) is 17.5 Å². The molecule has 0 aromatic carbocycles. The standard InChI is InChI=1S/C6H6BrNO2/c1-4-2-6(10-8-4)5(9)3-7/h2H,3H2,1H3. The molecule has 0 saturated carbocycles. The Morgan fingerprint density at radius 2 is 2.60 bits per heavy atom. The Balaban J connectivity index is 2.85. The van der Waals surface area contributed by atoms with Crippen LogP contribution in [0, 0.1) is 6.92 Å². The van der Waals surface area contributed by atoms with Gasteiger partial charge in [0.05, 0.1) is 11.0 Å². The van der Waals surface area contributed by atoms with Crippen LogP contribution in [0.25, 0.3) is 0 Å². The molecular weight excluding hydrogens is 198 g/mol. The second kappa shape index (κ2) is 2.96. The summed E-state index contributed by atoms with van der Waals surface area (Å²) in [4.78, 5) is 10.8. The monoisotopic (exact) mass is 203 g/mol. The maximum atomic E-state index is 10.8. The van der Waals surface area contributed by atoms with Crippen molar-refractivity contribution < 1.29 is 9.32 Å². The van der Waals surface area contributed by atoms with Crippen LogP contribution < -0.4 is 0 Å². The van der Waals surface area contributed by atoms with Gasteiger partial charge in [0.15, 0.2) is 0 Å². The molecule has 1 aromatic rings. The number of aryl methyl sites for hydroxylation is 1. The Labute approximate surface area is 66.5 Å². The van der Waals surface area contributed by atoms with Gasteiger partial charge in [0.25, 0.3) is 0 Å². The summed E-state index contributed by atoms with van der Waals surface area (Å²) in [5.41, 5.74) is 0.726. The molecule has 1 heterocycles. The topological polar surface area (TPSA) is 43.1 Å². The molecule has 1 rings (SSSR count). The number of ketones is 1. The maximum absolute atomic E-state index is 10.8. The highest BCUT2D eigenvalue weighted by Gasteiger charge is 2.08. The van der Waals surface area contributed by atoms with Crippen molar-refractivity contribution >= 4 is 21.7 Å². The van der Waals surface area contributed by atoms with Gasteiger partial charge in [-0.15, -0.1) is 0 Å². The second-order valence-corrected chi connectivity index (χ2v) is 2.45. The van der Waals surface area contributed by atoms with Crippen LogP contribution in [0.4, 0.5) is 0 Å². The van der Waals surface area contributed by atoms with E-state index in [1.165, 1.54) is 0 Å². The molecule has 0 aliphatic heterocycles. The fourth-order valence-electron chi connectivity index (χ4n) is 0.561. The first-order valence-electron chi connectivity index (χ1n) is 2.76. The first-order chi connectivity index (χ1) is 4.74. The van der Waals surface area contributed by atoms with Crippen molar-refractivity contribution in [3.8, 4) is 0 Å². The predicted molar refractivity (Wildman–Crippen MR) is 39.4 cm³/mol. The third-order valence-corrected chi connectivity index (χ3v) is 1.53. The number of halogens is 1. The Hall–Kier alpha value is -0.640. The lowest BCUT2D eigenvalue weighted by Gasteiger charge is -1.83. The fourth-order valence-corrected chi connectivity index (χ4v) is 0.837. The molecular formula is C6H6BrNO2. The van der Waals surface area contributed by atoms with Gasteiger partial charge >= 0.3 is 0 Å². The number of hydrogen-bond donors (Lipinski definition) is 0. The molecule has 4 heteroatoms. The highest BCUT2D eigenvalue weighted by molar-refractivity contribution is 9.09. The van der Waals surface area contributed by atoms with Gasteiger partial charge in [-0.05, 0) is 6.92 Å². The predicted octanol–water partition coefficient (Wildman–Crippen LogP) is 1.56. The molecule has 0 aliphatic rings. The molecule has 54 valence electrons. The molecule has 1 aromatic heterocycles. The van der Waals surface area contributed by atoms with Gasteiger partial charge in [-0.2, -0.15) is 0 Å². The first-order valence-corrected chi connectivity index (χ1v) is 3.88. The number of nitrogens with zero attached hydrogens (tertiary/aromatic N) is 1. The van der Waals surface area contributed by atoms with Crippen molar-refractivity contribution in [2.75, 3.05) is 5.33 Å². The zero-order valence-electron chi connectivity index (χ0n) is 5.43. The Morgan fingerprint density at radius 1 is 1.90 bits per heavy atom. The normalized spacial score (nSPS) is 9.80. The summed E-state index contributed by atoms with van der Waals surface area (Å²) in [7, 11) is 0. The number of hydrogen-bond acceptors (Lipinski definition) is 3. The molecule has 0 N–H and O–H groups in total. The Morgan fingerprint density at radius 3 is 3.00 bits per heavy atom. The average molecular weight is 204 g/mol. The van der Waals surface area contributed by atoms with Gasteiger partial charge < -0.3 is 4.52 Å². The van der Waals surface area contributed by atoms with E-state index < -0.39 is 0 Å². The van der Waals surface area contributed by atoms with Gasteiger partial charge in [0.2, 0.25) is 11.5 Å². The lowest BCUT2D eigenvalue weighted by molar-refractivity contribution is 0.0984. The van der Waals surface area contributed by atoms with Crippen LogP contribution in [0.15, 0.2) is 10.6 Å². The van der Waals surface area contributed by atoms with Crippen LogP contribution in [-0.2, 0) is 0 Å². The molecule has 0 atom stereocenters. The van der Waals surface area contributed by atoms with Crippen LogP contribution in [-0.4, -0.2) is 16.3 Å². The van der Waals surface area contributed by atoms with Crippen LogP contribution in [0.3, 0.4) is 0 Å². The number of aromatic nitrogens is 1. The lowest BCUT2D eigenvalue weighted by atomic mass is 10.3. The molecule has 10 heavy (non-hydrogen) atoms. The highest BCUT2D eigenvalue weighted by atomic mass is 79.9. The number of rotatable bonds is 2. The molecule has 0 saturated heterocycles. The van der Waals surface area contributed by atoms with E-state index in [4.69, 9.17) is 0 Å². The summed E-state index contributed by atoms with van der Waals surface area (Å²) >= 11 is 3.02. The summed E-state index contributed by atoms with van der Waals surface area (Å²) in [6.07, 6.45) is 0. The van der Waals surface area contributed by atoms with Crippen LogP contribution in [0.5, 0.6) is 0 Å². The van der Waals surface area contributed by atoms with Crippen LogP contribution in [0.1, 0.15) is 16.2 Å². The van der Waals surface area contributed by atoms with Crippen LogP contribution >= 0.6 is 15.9 Å². The van der Waals surface area contributed by atoms with Crippen molar-refractivity contribution in [1.82, 2.24) is 5.16 Å². The van der Waals surface area contributed by atoms with E-state index in [0.717, 1.165) is 5.69 Å². The van der Waals surface area contributed by atoms with E-state index in [-0.39, 0.29) is 11.1 Å². The fraction of sp³-hybridized carbons (Fsp3) is 0.333. The zero-order valence-corrected chi connectivity index (χ0v) is 7.01. The van der Waals surface area contributed by atoms with Gasteiger partial charge in [-0.1, -0.05) is 21.1 Å². The lowest BCUT2D eigenvalue weighted by Crippen LogP contribution is -1.96. The smallest absolute Gasteiger partial charge is 0.211 e. The van der Waals surface area contributed by atoms with Crippen molar-refractivity contribution in [2.45, 2.75) is 6.92 Å². The number of alkyl halides is 1. The molecule has 0 fully saturated rings. The molecule has 0 aliphatic carbocycles. The minimum atomic E-state index is -0.0828. The zero-order chi connectivity index (χ0) is 7.56. The summed E-state index contributed by atoms with van der Waals surface area (Å²) in [6.45, 7) is 1.77. The number of Topliss-reactive ketones (excluding diaryl/α,β-unsaturated/α-hetero) is 1. The van der Waals surface area contributed by atoms with E-state index in [0.29, 0.717) is 5.76 Å². The second-order valence-electron chi connectivity index (χ2n) is 1.89. The van der Waals surface area contributed by atoms with Gasteiger partial charge in [0.1, 0.15) is 0 Å². The van der Waals surface area contributed by atoms with E-state index in [1.54, 1.807) is 13.0 Å². The highest BCUT2D eigenvalue weighted by Crippen LogP contribution is 2.04. The quantitative estimate of drug-likeness (QED) is 0.542. The van der Waals surface area contributed by atoms with Crippen molar-refractivity contribution in [3.63, 3.8) is 0 Å². The van der Waals surface area contributed by atoms with E-state index >= 15 is 0 Å². The average Bonchev–Trinajstić information content (AvgIpc) is 2.34. The van der Waals surface area contributed by atoms with E-state index in [2.05, 4.69) is 25.6 Å². The van der Waals surface area contributed by atoms with Gasteiger partial charge in [-0.25, -0.2) is 0 Å². The van der Waals surface area contributed by atoms with E-state index in [1.807, 2.05) is 0 Å². The van der Waals surface area contributed by atoms with Crippen molar-refractivity contribution in [1.29, 1.82) is 0 Å². The number of carbonyl (C=O) groups excluding carboxylic acids is 1. The SMILES string of the molecule is Cc1cc(C(=O)CBr)on1. The van der Waals surface area contributed by atoms with Gasteiger partial charge in [-0.3, -0.25) is 4.79 Å². The molecule has 0 spiro atoms. The minimum Gasteiger partial charge on any atom is -0.353 e. The van der Waals surface area contributed by atoms with Crippen molar-refractivity contribution in [2.24, 2.45) is 0 Å². The Bertz CT molecular complexity index is 244. The summed E-state index contributed by atoms with van der Waals surface area (Å²) in [6, 6.07) is 1.61. The van der Waals surface area contributed by atoms with E-state index in [9.17, 15) is 4.79 Å². The molecule has 0 radical (unpaired) electrons. The summed E-state index contributed by atoms with van der Waals surface area (Å²) in [5.74, 6) is 0.231. The first kappa shape index (κ1) is 7.47. The summed E-state index contributed by atoms with van der Waals surface area (Å²) < 4.78 is 4.69. The minimum absolute atomic E-state index is 0.0828. The third kappa shape index (κ3) is 1.44. The van der Waals surface area contributed by atoms with Gasteiger partial charge in [0, 0.05) is 6.07 Å². The molecule has 0 unspecified atom stereocenters. The largest absolute Gasteiger partial charge is 0.353 e. The number of carbonyl (C=O) groups is 1. The molecule has 3 nitrogen and oxygen atoms in total.